The molecule has 0 radical (unpaired) electrons. The van der Waals surface area contributed by atoms with E-state index in [9.17, 15) is 9.90 Å². The quantitative estimate of drug-likeness (QED) is 0.474. The molecular weight excluding hydrogens is 264 g/mol. The Morgan fingerprint density at radius 1 is 1.63 bits per heavy atom. The molecule has 1 aromatic heterocycles. The molecule has 0 aliphatic carbocycles. The third kappa shape index (κ3) is 4.83. The van der Waals surface area contributed by atoms with Gasteiger partial charge < -0.3 is 5.11 Å². The van der Waals surface area contributed by atoms with E-state index in [1.165, 1.54) is 6.33 Å². The Balaban J connectivity index is 2.46. The van der Waals surface area contributed by atoms with E-state index < -0.39 is 11.5 Å². The van der Waals surface area contributed by atoms with Crippen molar-refractivity contribution in [3.8, 4) is 0 Å². The molecule has 6 nitrogen and oxygen atoms in total. The van der Waals surface area contributed by atoms with Gasteiger partial charge in [-0.2, -0.15) is 5.10 Å². The van der Waals surface area contributed by atoms with Crippen LogP contribution in [0.25, 0.3) is 0 Å². The first-order valence-electron chi connectivity index (χ1n) is 6.49. The number of H-pyrrole nitrogens is 1. The summed E-state index contributed by atoms with van der Waals surface area (Å²) in [7, 11) is 0. The molecule has 0 aromatic carbocycles. The van der Waals surface area contributed by atoms with Crippen molar-refractivity contribution in [3.63, 3.8) is 0 Å². The van der Waals surface area contributed by atoms with E-state index in [0.29, 0.717) is 12.8 Å². The van der Waals surface area contributed by atoms with Gasteiger partial charge in [0.2, 0.25) is 0 Å². The van der Waals surface area contributed by atoms with E-state index in [-0.39, 0.29) is 6.04 Å². The maximum Gasteiger partial charge on any atom is 0.323 e. The average Bonchev–Trinajstić information content (AvgIpc) is 2.85. The van der Waals surface area contributed by atoms with Crippen LogP contribution in [0.2, 0.25) is 0 Å². The van der Waals surface area contributed by atoms with Crippen LogP contribution >= 0.6 is 11.8 Å². The highest BCUT2D eigenvalue weighted by Gasteiger charge is 2.36. The Kier molecular flexibility index (Phi) is 6.30. The van der Waals surface area contributed by atoms with Crippen molar-refractivity contribution in [2.45, 2.75) is 56.8 Å². The molecule has 19 heavy (non-hydrogen) atoms. The van der Waals surface area contributed by atoms with Crippen LogP contribution in [0.5, 0.6) is 0 Å². The molecule has 0 bridgehead atoms. The number of carbonyl (C=O) groups is 1. The topological polar surface area (TPSA) is 90.9 Å². The fourth-order valence-corrected chi connectivity index (χ4v) is 2.75. The van der Waals surface area contributed by atoms with Crippen LogP contribution in [-0.2, 0) is 4.79 Å². The van der Waals surface area contributed by atoms with Crippen LogP contribution in [-0.4, -0.2) is 43.6 Å². The molecule has 1 atom stereocenters. The van der Waals surface area contributed by atoms with E-state index >= 15 is 0 Å². The maximum absolute atomic E-state index is 11.5. The number of thioether (sulfide) groups is 1. The number of carboxylic acids is 1. The molecule has 0 saturated heterocycles. The summed E-state index contributed by atoms with van der Waals surface area (Å²) in [4.78, 5) is 15.5. The number of aromatic nitrogens is 3. The SMILES string of the molecule is CCC(CCCSc1ncn[nH]1)(NC(C)C)C(=O)O. The summed E-state index contributed by atoms with van der Waals surface area (Å²) >= 11 is 1.56. The fourth-order valence-electron chi connectivity index (χ4n) is 2.03. The second-order valence-electron chi connectivity index (χ2n) is 4.78. The summed E-state index contributed by atoms with van der Waals surface area (Å²) in [5.41, 5.74) is -0.823. The Morgan fingerprint density at radius 2 is 2.37 bits per heavy atom. The van der Waals surface area contributed by atoms with Crippen LogP contribution in [0.1, 0.15) is 40.0 Å². The van der Waals surface area contributed by atoms with E-state index in [1.54, 1.807) is 11.8 Å². The van der Waals surface area contributed by atoms with Gasteiger partial charge in [-0.15, -0.1) is 0 Å². The van der Waals surface area contributed by atoms with Crippen molar-refractivity contribution >= 4 is 17.7 Å². The van der Waals surface area contributed by atoms with Crippen LogP contribution in [0.3, 0.4) is 0 Å². The number of aliphatic carboxylic acids is 1. The number of hydrogen-bond acceptors (Lipinski definition) is 5. The number of hydrogen-bond donors (Lipinski definition) is 3. The Hall–Kier alpha value is -1.08. The van der Waals surface area contributed by atoms with Crippen LogP contribution in [0.15, 0.2) is 11.5 Å². The van der Waals surface area contributed by atoms with Crippen LogP contribution in [0.4, 0.5) is 0 Å². The molecular formula is C12H22N4O2S. The van der Waals surface area contributed by atoms with Crippen LogP contribution < -0.4 is 5.32 Å². The monoisotopic (exact) mass is 286 g/mol. The zero-order chi connectivity index (χ0) is 14.3. The lowest BCUT2D eigenvalue weighted by atomic mass is 9.90. The second kappa shape index (κ2) is 7.49. The fraction of sp³-hybridized carbons (Fsp3) is 0.750. The Labute approximate surface area is 117 Å². The molecule has 0 fully saturated rings. The highest BCUT2D eigenvalue weighted by molar-refractivity contribution is 7.99. The molecule has 3 N–H and O–H groups in total. The highest BCUT2D eigenvalue weighted by Crippen LogP contribution is 2.22. The van der Waals surface area contributed by atoms with Crippen molar-refractivity contribution in [1.29, 1.82) is 0 Å². The first-order chi connectivity index (χ1) is 9.00. The van der Waals surface area contributed by atoms with Gasteiger partial charge in [-0.05, 0) is 33.1 Å². The van der Waals surface area contributed by atoms with Gasteiger partial charge in [0.25, 0.3) is 0 Å². The molecule has 1 heterocycles. The maximum atomic E-state index is 11.5. The molecule has 7 heteroatoms. The standard InChI is InChI=1S/C12H22N4O2S/c1-4-12(10(17)18,15-9(2)3)6-5-7-19-11-13-8-14-16-11/h8-9,15H,4-7H2,1-3H3,(H,17,18)(H,13,14,16). The van der Waals surface area contributed by atoms with E-state index in [1.807, 2.05) is 20.8 Å². The lowest BCUT2D eigenvalue weighted by molar-refractivity contribution is -0.145. The lowest BCUT2D eigenvalue weighted by Gasteiger charge is -2.31. The molecule has 108 valence electrons. The van der Waals surface area contributed by atoms with Gasteiger partial charge in [-0.1, -0.05) is 18.7 Å². The smallest absolute Gasteiger partial charge is 0.323 e. The number of nitrogens with zero attached hydrogens (tertiary/aromatic N) is 2. The van der Waals surface area contributed by atoms with E-state index in [0.717, 1.165) is 17.3 Å². The van der Waals surface area contributed by atoms with Gasteiger partial charge in [-0.3, -0.25) is 15.2 Å². The van der Waals surface area contributed by atoms with Gasteiger partial charge >= 0.3 is 5.97 Å². The predicted octanol–water partition coefficient (Wildman–Crippen LogP) is 1.91. The zero-order valence-corrected chi connectivity index (χ0v) is 12.5. The summed E-state index contributed by atoms with van der Waals surface area (Å²) in [6.07, 6.45) is 3.47. The molecule has 1 unspecified atom stereocenters. The minimum atomic E-state index is -0.823. The minimum absolute atomic E-state index is 0.151. The lowest BCUT2D eigenvalue weighted by Crippen LogP contribution is -2.54. The molecule has 0 saturated carbocycles. The highest BCUT2D eigenvalue weighted by atomic mass is 32.2. The average molecular weight is 286 g/mol. The zero-order valence-electron chi connectivity index (χ0n) is 11.6. The number of rotatable bonds is 9. The second-order valence-corrected chi connectivity index (χ2v) is 5.87. The van der Waals surface area contributed by atoms with Crippen molar-refractivity contribution in [2.24, 2.45) is 0 Å². The third-order valence-electron chi connectivity index (χ3n) is 2.96. The van der Waals surface area contributed by atoms with E-state index in [2.05, 4.69) is 20.5 Å². The molecule has 0 spiro atoms. The Morgan fingerprint density at radius 3 is 2.84 bits per heavy atom. The number of nitrogens with one attached hydrogen (secondary N) is 2. The van der Waals surface area contributed by atoms with Gasteiger partial charge in [-0.25, -0.2) is 4.98 Å². The molecule has 0 aliphatic heterocycles. The van der Waals surface area contributed by atoms with Crippen molar-refractivity contribution in [3.05, 3.63) is 6.33 Å². The molecule has 0 amide bonds. The molecule has 0 aliphatic rings. The molecule has 1 rings (SSSR count). The Bertz CT molecular complexity index is 383. The first kappa shape index (κ1) is 16.0. The predicted molar refractivity (Wildman–Crippen MR) is 75.3 cm³/mol. The third-order valence-corrected chi connectivity index (χ3v) is 3.92. The summed E-state index contributed by atoms with van der Waals surface area (Å²) in [6.45, 7) is 5.85. The first-order valence-corrected chi connectivity index (χ1v) is 7.48. The summed E-state index contributed by atoms with van der Waals surface area (Å²) in [5.74, 6) is 0.0534. The van der Waals surface area contributed by atoms with Crippen molar-refractivity contribution in [1.82, 2.24) is 20.5 Å². The summed E-state index contributed by atoms with van der Waals surface area (Å²) in [6, 6.07) is 0.151. The summed E-state index contributed by atoms with van der Waals surface area (Å²) in [5, 5.41) is 20.0. The van der Waals surface area contributed by atoms with Gasteiger partial charge in [0.1, 0.15) is 11.9 Å². The van der Waals surface area contributed by atoms with Gasteiger partial charge in [0, 0.05) is 11.8 Å². The van der Waals surface area contributed by atoms with Gasteiger partial charge in [0.15, 0.2) is 5.16 Å². The van der Waals surface area contributed by atoms with Gasteiger partial charge in [0.05, 0.1) is 0 Å². The molecule has 1 aromatic rings. The number of carboxylic acid groups (broad SMARTS) is 1. The van der Waals surface area contributed by atoms with E-state index in [4.69, 9.17) is 0 Å². The van der Waals surface area contributed by atoms with Crippen LogP contribution in [0, 0.1) is 0 Å². The number of aromatic amines is 1. The minimum Gasteiger partial charge on any atom is -0.480 e. The normalized spacial score (nSPS) is 14.5. The summed E-state index contributed by atoms with van der Waals surface area (Å²) < 4.78 is 0. The largest absolute Gasteiger partial charge is 0.480 e. The van der Waals surface area contributed by atoms with Crippen molar-refractivity contribution in [2.75, 3.05) is 5.75 Å². The van der Waals surface area contributed by atoms with Crippen molar-refractivity contribution < 1.29 is 9.90 Å².